The molecule has 0 aliphatic rings. The Kier molecular flexibility index (Phi) is 19.6. The summed E-state index contributed by atoms with van der Waals surface area (Å²) in [5, 5.41) is 24.9. The van der Waals surface area contributed by atoms with Crippen molar-refractivity contribution < 1.29 is 81.5 Å². The van der Waals surface area contributed by atoms with E-state index in [1.165, 1.54) is 61.3 Å². The lowest BCUT2D eigenvalue weighted by molar-refractivity contribution is -0.138. The van der Waals surface area contributed by atoms with Gasteiger partial charge in [-0.2, -0.15) is 39.5 Å². The van der Waals surface area contributed by atoms with Gasteiger partial charge in [-0.05, 0) is 109 Å². The molecule has 0 saturated carbocycles. The molecule has 30 heteroatoms. The standard InChI is InChI=1S/C18H13F3N4O3.C18H11F3N4O2.C14H12F3N3O.C4H3NO3/c19-18(20,21)11-5-7-12(8-6-11)23-14-4-2-1-3-13(14)16(26)24-25-17(27)15-9-22-10-28-15;19-18(20,21)11-5-7-12(8-6-11)23-14-4-2-1-3-13(14)16-24-25-17(27-16)15-9-22-10-26-15;15-14(16,17)9-5-7-10(8-6-9)19-12-4-2-1-3-11(12)13(21)20-18;6-4(7)3-1-5-2-8-3/h1-10,23H,(H,24,26)(H,25,27);1-10,23H;1-8,19H,18H2,(H,20,21);1-2H,(H,6,7). The van der Waals surface area contributed by atoms with Gasteiger partial charge < -0.3 is 38.7 Å². The molecule has 0 bridgehead atoms. The first kappa shape index (κ1) is 60.3. The summed E-state index contributed by atoms with van der Waals surface area (Å²) in [5.41, 5.74) is 7.90. The maximum absolute atomic E-state index is 12.7. The molecule has 0 fully saturated rings. The van der Waals surface area contributed by atoms with Crippen molar-refractivity contribution in [3.63, 3.8) is 0 Å². The van der Waals surface area contributed by atoms with E-state index in [1.807, 2.05) is 5.43 Å². The number of carbonyl (C=O) groups is 4. The predicted octanol–water partition coefficient (Wildman–Crippen LogP) is 12.1. The number of amides is 3. The van der Waals surface area contributed by atoms with Crippen LogP contribution >= 0.6 is 0 Å². The van der Waals surface area contributed by atoms with Gasteiger partial charge >= 0.3 is 30.4 Å². The summed E-state index contributed by atoms with van der Waals surface area (Å²) >= 11 is 0. The van der Waals surface area contributed by atoms with Crippen LogP contribution in [0.15, 0.2) is 201 Å². The predicted molar refractivity (Wildman–Crippen MR) is 279 cm³/mol. The minimum atomic E-state index is -4.43. The van der Waals surface area contributed by atoms with Crippen molar-refractivity contribution in [1.82, 2.24) is 41.4 Å². The highest BCUT2D eigenvalue weighted by atomic mass is 19.4. The van der Waals surface area contributed by atoms with E-state index in [2.05, 4.69) is 56.4 Å². The Morgan fingerprint density at radius 2 is 0.833 bits per heavy atom. The minimum Gasteiger partial charge on any atom is -0.475 e. The number of hydrogen-bond acceptors (Lipinski definition) is 17. The summed E-state index contributed by atoms with van der Waals surface area (Å²) in [6.07, 6.45) is -6.03. The second kappa shape index (κ2) is 27.2. The van der Waals surface area contributed by atoms with Crippen molar-refractivity contribution in [2.45, 2.75) is 18.5 Å². The first-order chi connectivity index (χ1) is 40.1. The summed E-state index contributed by atoms with van der Waals surface area (Å²) in [6, 6.07) is 33.5. The molecule has 0 atom stereocenters. The van der Waals surface area contributed by atoms with Gasteiger partial charge in [0.2, 0.25) is 23.2 Å². The summed E-state index contributed by atoms with van der Waals surface area (Å²) in [7, 11) is 0. The van der Waals surface area contributed by atoms with Gasteiger partial charge in [-0.1, -0.05) is 36.4 Å². The van der Waals surface area contributed by atoms with E-state index >= 15 is 0 Å². The van der Waals surface area contributed by atoms with Crippen LogP contribution in [0.5, 0.6) is 0 Å². The van der Waals surface area contributed by atoms with E-state index < -0.39 is 58.9 Å². The number of anilines is 6. The number of hydrazine groups is 2. The largest absolute Gasteiger partial charge is 0.475 e. The maximum Gasteiger partial charge on any atom is 0.416 e. The number of nitrogens with zero attached hydrogens (tertiary/aromatic N) is 5. The monoisotopic (exact) mass is 1170 g/mol. The average molecular weight is 1170 g/mol. The first-order valence-corrected chi connectivity index (χ1v) is 23.5. The molecule has 10 rings (SSSR count). The van der Waals surface area contributed by atoms with Crippen LogP contribution < -0.4 is 38.1 Å². The number of halogens is 9. The summed E-state index contributed by atoms with van der Waals surface area (Å²) in [6.45, 7) is 0. The molecular formula is C54H39F9N12O9. The highest BCUT2D eigenvalue weighted by Crippen LogP contribution is 2.35. The second-order valence-electron chi connectivity index (χ2n) is 16.4. The van der Waals surface area contributed by atoms with E-state index in [0.29, 0.717) is 51.0 Å². The number of nitrogens with one attached hydrogen (secondary N) is 6. The SMILES string of the molecule is FC(F)(F)c1ccc(Nc2ccccc2-c2nnc(-c3cnco3)o2)cc1.NNC(=O)c1ccccc1Nc1ccc(C(F)(F)F)cc1.O=C(NNC(=O)c1ccccc1Nc1ccc(C(F)(F)F)cc1)c1cnco1.O=C(O)c1cnco1. The molecule has 0 unspecified atom stereocenters. The highest BCUT2D eigenvalue weighted by molar-refractivity contribution is 6.02. The van der Waals surface area contributed by atoms with Crippen molar-refractivity contribution in [2.24, 2.45) is 5.84 Å². The molecule has 84 heavy (non-hydrogen) atoms. The fourth-order valence-corrected chi connectivity index (χ4v) is 6.78. The number of carboxylic acids is 1. The average Bonchev–Trinajstić information content (AvgIpc) is 4.42. The van der Waals surface area contributed by atoms with E-state index in [4.69, 9.17) is 24.2 Å². The lowest BCUT2D eigenvalue weighted by Crippen LogP contribution is -2.41. The Morgan fingerprint density at radius 1 is 0.440 bits per heavy atom. The minimum absolute atomic E-state index is 0.0866. The van der Waals surface area contributed by atoms with Gasteiger partial charge in [0.1, 0.15) is 0 Å². The lowest BCUT2D eigenvalue weighted by atomic mass is 10.1. The van der Waals surface area contributed by atoms with Crippen LogP contribution in [-0.2, 0) is 18.5 Å². The molecule has 432 valence electrons. The van der Waals surface area contributed by atoms with Crippen LogP contribution in [0.4, 0.5) is 73.6 Å². The quantitative estimate of drug-likeness (QED) is 0.0244. The summed E-state index contributed by atoms with van der Waals surface area (Å²) < 4.78 is 133. The number of para-hydroxylation sites is 3. The molecule has 0 saturated heterocycles. The second-order valence-corrected chi connectivity index (χ2v) is 16.4. The fourth-order valence-electron chi connectivity index (χ4n) is 6.78. The third kappa shape index (κ3) is 16.9. The summed E-state index contributed by atoms with van der Waals surface area (Å²) in [4.78, 5) is 56.4. The van der Waals surface area contributed by atoms with Gasteiger partial charge in [-0.15, -0.1) is 10.2 Å². The molecule has 0 aliphatic carbocycles. The van der Waals surface area contributed by atoms with Gasteiger partial charge in [-0.3, -0.25) is 30.7 Å². The Hall–Kier alpha value is -11.3. The molecule has 10 aromatic rings. The number of aromatic carboxylic acids is 1. The zero-order valence-electron chi connectivity index (χ0n) is 42.2. The Labute approximate surface area is 465 Å². The summed E-state index contributed by atoms with van der Waals surface area (Å²) in [5.74, 6) is 2.68. The number of nitrogens with two attached hydrogens (primary N) is 1. The Bertz CT molecular complexity index is 3750. The van der Waals surface area contributed by atoms with E-state index in [1.54, 1.807) is 66.7 Å². The van der Waals surface area contributed by atoms with Gasteiger partial charge in [0, 0.05) is 17.1 Å². The molecule has 0 radical (unpaired) electrons. The number of aromatic nitrogens is 5. The van der Waals surface area contributed by atoms with Crippen molar-refractivity contribution in [3.05, 3.63) is 223 Å². The van der Waals surface area contributed by atoms with Gasteiger partial charge in [0.15, 0.2) is 19.2 Å². The third-order valence-corrected chi connectivity index (χ3v) is 10.8. The Balaban J connectivity index is 0.000000171. The number of nitrogen functional groups attached to an aromatic ring is 1. The van der Waals surface area contributed by atoms with Crippen LogP contribution in [0.1, 0.15) is 58.5 Å². The van der Waals surface area contributed by atoms with Crippen LogP contribution in [0, 0.1) is 0 Å². The molecular weight excluding hydrogens is 1130 g/mol. The van der Waals surface area contributed by atoms with Crippen molar-refractivity contribution in [3.8, 4) is 23.1 Å². The number of alkyl halides is 9. The van der Waals surface area contributed by atoms with Gasteiger partial charge in [0.25, 0.3) is 17.7 Å². The molecule has 0 aliphatic heterocycles. The smallest absolute Gasteiger partial charge is 0.416 e. The van der Waals surface area contributed by atoms with Gasteiger partial charge in [0.05, 0.1) is 69.0 Å². The molecule has 6 aromatic carbocycles. The Morgan fingerprint density at radius 3 is 1.25 bits per heavy atom. The number of oxazole rings is 3. The molecule has 9 N–H and O–H groups in total. The first-order valence-electron chi connectivity index (χ1n) is 23.5. The van der Waals surface area contributed by atoms with Crippen molar-refractivity contribution in [1.29, 1.82) is 0 Å². The number of carbonyl (C=O) groups excluding carboxylic acids is 3. The molecule has 3 amide bonds. The molecule has 21 nitrogen and oxygen atoms in total. The number of hydrogen-bond donors (Lipinski definition) is 8. The van der Waals surface area contributed by atoms with Crippen LogP contribution in [0.2, 0.25) is 0 Å². The maximum atomic E-state index is 12.7. The number of benzene rings is 6. The van der Waals surface area contributed by atoms with Gasteiger partial charge in [-0.25, -0.2) is 25.6 Å². The zero-order chi connectivity index (χ0) is 60.4. The van der Waals surface area contributed by atoms with Crippen LogP contribution in [-0.4, -0.2) is 53.9 Å². The zero-order valence-corrected chi connectivity index (χ0v) is 42.2. The van der Waals surface area contributed by atoms with E-state index in [9.17, 15) is 58.7 Å². The van der Waals surface area contributed by atoms with E-state index in [0.717, 1.165) is 55.4 Å². The van der Waals surface area contributed by atoms with Crippen LogP contribution in [0.3, 0.4) is 0 Å². The topological polar surface area (TPSA) is 304 Å². The third-order valence-electron chi connectivity index (χ3n) is 10.8. The number of carboxylic acid groups (broad SMARTS) is 1. The molecule has 4 heterocycles. The van der Waals surface area contributed by atoms with Crippen molar-refractivity contribution in [2.75, 3.05) is 16.0 Å². The lowest BCUT2D eigenvalue weighted by Gasteiger charge is -2.13. The van der Waals surface area contributed by atoms with Crippen molar-refractivity contribution >= 4 is 57.8 Å². The highest BCUT2D eigenvalue weighted by Gasteiger charge is 2.32. The molecule has 0 spiro atoms. The fraction of sp³-hybridized carbons (Fsp3) is 0.0556. The number of rotatable bonds is 12. The van der Waals surface area contributed by atoms with E-state index in [-0.39, 0.29) is 28.9 Å². The molecule has 4 aromatic heterocycles. The van der Waals surface area contributed by atoms with Crippen LogP contribution in [0.25, 0.3) is 23.1 Å². The normalized spacial score (nSPS) is 11.0.